The molecule has 0 aliphatic heterocycles. The molecule has 3 nitrogen and oxygen atoms in total. The summed E-state index contributed by atoms with van der Waals surface area (Å²) in [6.45, 7) is 4.92. The SMILES string of the molecule is Cc1ccc(NCc2cn3cccc(C)c3n2)cc1. The van der Waals surface area contributed by atoms with Crippen LogP contribution in [0.25, 0.3) is 5.65 Å². The number of hydrogen-bond donors (Lipinski definition) is 1. The normalized spacial score (nSPS) is 10.8. The van der Waals surface area contributed by atoms with E-state index in [1.54, 1.807) is 0 Å². The Morgan fingerprint density at radius 1 is 1.11 bits per heavy atom. The molecular formula is C16H17N3. The van der Waals surface area contributed by atoms with Gasteiger partial charge in [-0.1, -0.05) is 23.8 Å². The first kappa shape index (κ1) is 11.8. The van der Waals surface area contributed by atoms with Gasteiger partial charge in [-0.15, -0.1) is 0 Å². The first-order chi connectivity index (χ1) is 9.22. The number of hydrogen-bond acceptors (Lipinski definition) is 2. The Hall–Kier alpha value is -2.29. The minimum absolute atomic E-state index is 0.740. The molecule has 0 radical (unpaired) electrons. The lowest BCUT2D eigenvalue weighted by atomic mass is 10.2. The number of nitrogens with one attached hydrogen (secondary N) is 1. The largest absolute Gasteiger partial charge is 0.379 e. The van der Waals surface area contributed by atoms with Gasteiger partial charge in [0.05, 0.1) is 12.2 Å². The van der Waals surface area contributed by atoms with Crippen LogP contribution in [0.4, 0.5) is 5.69 Å². The molecular weight excluding hydrogens is 234 g/mol. The number of fused-ring (bicyclic) bond motifs is 1. The molecule has 0 unspecified atom stereocenters. The van der Waals surface area contributed by atoms with Gasteiger partial charge in [0, 0.05) is 18.1 Å². The Labute approximate surface area is 112 Å². The van der Waals surface area contributed by atoms with Crippen molar-refractivity contribution in [1.29, 1.82) is 0 Å². The molecule has 0 atom stereocenters. The Morgan fingerprint density at radius 2 is 1.89 bits per heavy atom. The van der Waals surface area contributed by atoms with Gasteiger partial charge in [0.15, 0.2) is 0 Å². The van der Waals surface area contributed by atoms with Crippen LogP contribution in [0.2, 0.25) is 0 Å². The van der Waals surface area contributed by atoms with E-state index in [1.165, 1.54) is 11.1 Å². The molecule has 3 aromatic rings. The van der Waals surface area contributed by atoms with Crippen molar-refractivity contribution in [3.63, 3.8) is 0 Å². The predicted octanol–water partition coefficient (Wildman–Crippen LogP) is 3.56. The van der Waals surface area contributed by atoms with Gasteiger partial charge in [-0.3, -0.25) is 0 Å². The Morgan fingerprint density at radius 3 is 2.63 bits per heavy atom. The summed E-state index contributed by atoms with van der Waals surface area (Å²) in [7, 11) is 0. The average Bonchev–Trinajstić information content (AvgIpc) is 2.83. The number of benzene rings is 1. The maximum absolute atomic E-state index is 4.65. The Bertz CT molecular complexity index is 696. The lowest BCUT2D eigenvalue weighted by Gasteiger charge is -2.04. The second-order valence-electron chi connectivity index (χ2n) is 4.87. The molecule has 96 valence electrons. The summed E-state index contributed by atoms with van der Waals surface area (Å²) in [5, 5.41) is 3.39. The quantitative estimate of drug-likeness (QED) is 0.771. The topological polar surface area (TPSA) is 29.3 Å². The third kappa shape index (κ3) is 2.45. The molecule has 3 rings (SSSR count). The van der Waals surface area contributed by atoms with E-state index in [2.05, 4.69) is 65.1 Å². The maximum atomic E-state index is 4.65. The highest BCUT2D eigenvalue weighted by atomic mass is 15.0. The van der Waals surface area contributed by atoms with Gasteiger partial charge >= 0.3 is 0 Å². The van der Waals surface area contributed by atoms with Crippen LogP contribution in [0.3, 0.4) is 0 Å². The summed E-state index contributed by atoms with van der Waals surface area (Å²) in [5.74, 6) is 0. The highest BCUT2D eigenvalue weighted by Crippen LogP contribution is 2.13. The van der Waals surface area contributed by atoms with Crippen molar-refractivity contribution in [1.82, 2.24) is 9.38 Å². The lowest BCUT2D eigenvalue weighted by molar-refractivity contribution is 1.08. The molecule has 1 aromatic carbocycles. The summed E-state index contributed by atoms with van der Waals surface area (Å²) in [4.78, 5) is 4.65. The average molecular weight is 251 g/mol. The van der Waals surface area contributed by atoms with Crippen molar-refractivity contribution in [2.24, 2.45) is 0 Å². The number of aryl methyl sites for hydroxylation is 2. The highest BCUT2D eigenvalue weighted by molar-refractivity contribution is 5.49. The minimum Gasteiger partial charge on any atom is -0.379 e. The van der Waals surface area contributed by atoms with Gasteiger partial charge in [0.2, 0.25) is 0 Å². The fourth-order valence-electron chi connectivity index (χ4n) is 2.15. The van der Waals surface area contributed by atoms with E-state index in [1.807, 2.05) is 12.3 Å². The van der Waals surface area contributed by atoms with Gasteiger partial charge in [0.25, 0.3) is 0 Å². The molecule has 2 aromatic heterocycles. The van der Waals surface area contributed by atoms with Gasteiger partial charge in [-0.25, -0.2) is 4.98 Å². The van der Waals surface area contributed by atoms with Crippen molar-refractivity contribution < 1.29 is 0 Å². The zero-order chi connectivity index (χ0) is 13.2. The van der Waals surface area contributed by atoms with Crippen LogP contribution in [0.5, 0.6) is 0 Å². The molecule has 0 amide bonds. The Kier molecular flexibility index (Phi) is 2.95. The molecule has 2 heterocycles. The zero-order valence-corrected chi connectivity index (χ0v) is 11.2. The van der Waals surface area contributed by atoms with Crippen LogP contribution >= 0.6 is 0 Å². The lowest BCUT2D eigenvalue weighted by Crippen LogP contribution is -1.99. The molecule has 0 bridgehead atoms. The van der Waals surface area contributed by atoms with Crippen molar-refractivity contribution in [3.8, 4) is 0 Å². The van der Waals surface area contributed by atoms with Crippen LogP contribution in [0.1, 0.15) is 16.8 Å². The third-order valence-corrected chi connectivity index (χ3v) is 3.25. The van der Waals surface area contributed by atoms with Crippen LogP contribution < -0.4 is 5.32 Å². The number of rotatable bonds is 3. The number of imidazole rings is 1. The predicted molar refractivity (Wildman–Crippen MR) is 78.4 cm³/mol. The molecule has 0 aliphatic rings. The fraction of sp³-hybridized carbons (Fsp3) is 0.188. The molecule has 0 saturated carbocycles. The van der Waals surface area contributed by atoms with Crippen molar-refractivity contribution in [2.75, 3.05) is 5.32 Å². The number of aromatic nitrogens is 2. The summed E-state index contributed by atoms with van der Waals surface area (Å²) in [6, 6.07) is 12.5. The van der Waals surface area contributed by atoms with Crippen molar-refractivity contribution >= 4 is 11.3 Å². The van der Waals surface area contributed by atoms with Gasteiger partial charge in [0.1, 0.15) is 5.65 Å². The van der Waals surface area contributed by atoms with E-state index in [-0.39, 0.29) is 0 Å². The third-order valence-electron chi connectivity index (χ3n) is 3.25. The van der Waals surface area contributed by atoms with Crippen LogP contribution in [0.15, 0.2) is 48.8 Å². The molecule has 3 heteroatoms. The van der Waals surface area contributed by atoms with Crippen molar-refractivity contribution in [2.45, 2.75) is 20.4 Å². The van der Waals surface area contributed by atoms with Gasteiger partial charge in [-0.2, -0.15) is 0 Å². The van der Waals surface area contributed by atoms with Crippen LogP contribution in [0, 0.1) is 13.8 Å². The summed E-state index contributed by atoms with van der Waals surface area (Å²) < 4.78 is 2.07. The number of pyridine rings is 1. The smallest absolute Gasteiger partial charge is 0.140 e. The van der Waals surface area contributed by atoms with E-state index >= 15 is 0 Å². The molecule has 1 N–H and O–H groups in total. The minimum atomic E-state index is 0.740. The molecule has 19 heavy (non-hydrogen) atoms. The first-order valence-electron chi connectivity index (χ1n) is 6.46. The van der Waals surface area contributed by atoms with E-state index in [9.17, 15) is 0 Å². The zero-order valence-electron chi connectivity index (χ0n) is 11.2. The van der Waals surface area contributed by atoms with E-state index in [0.29, 0.717) is 0 Å². The molecule has 0 fully saturated rings. The molecule has 0 saturated heterocycles. The summed E-state index contributed by atoms with van der Waals surface area (Å²) >= 11 is 0. The fourth-order valence-corrected chi connectivity index (χ4v) is 2.15. The second-order valence-corrected chi connectivity index (χ2v) is 4.87. The van der Waals surface area contributed by atoms with Gasteiger partial charge < -0.3 is 9.72 Å². The van der Waals surface area contributed by atoms with E-state index in [4.69, 9.17) is 0 Å². The molecule has 0 spiro atoms. The first-order valence-corrected chi connectivity index (χ1v) is 6.46. The Balaban J connectivity index is 1.78. The summed E-state index contributed by atoms with van der Waals surface area (Å²) in [5.41, 5.74) is 5.68. The number of anilines is 1. The highest BCUT2D eigenvalue weighted by Gasteiger charge is 2.03. The second kappa shape index (κ2) is 4.76. The van der Waals surface area contributed by atoms with E-state index in [0.717, 1.165) is 23.6 Å². The van der Waals surface area contributed by atoms with E-state index < -0.39 is 0 Å². The monoisotopic (exact) mass is 251 g/mol. The maximum Gasteiger partial charge on any atom is 0.140 e. The van der Waals surface area contributed by atoms with Gasteiger partial charge in [-0.05, 0) is 37.6 Å². The van der Waals surface area contributed by atoms with Crippen molar-refractivity contribution in [3.05, 3.63) is 65.6 Å². The summed E-state index contributed by atoms with van der Waals surface area (Å²) in [6.07, 6.45) is 4.11. The number of nitrogens with zero attached hydrogens (tertiary/aromatic N) is 2. The molecule has 0 aliphatic carbocycles. The van der Waals surface area contributed by atoms with Crippen LogP contribution in [-0.2, 0) is 6.54 Å². The van der Waals surface area contributed by atoms with Crippen LogP contribution in [-0.4, -0.2) is 9.38 Å². The standard InChI is InChI=1S/C16H17N3/c1-12-5-7-14(8-6-12)17-10-15-11-19-9-3-4-13(2)16(19)18-15/h3-9,11,17H,10H2,1-2H3.